The fraction of sp³-hybridized carbons (Fsp3) is 0.529. The van der Waals surface area contributed by atoms with Crippen molar-refractivity contribution >= 4 is 5.91 Å². The van der Waals surface area contributed by atoms with Crippen LogP contribution >= 0.6 is 0 Å². The maximum absolute atomic E-state index is 12.6. The Balaban J connectivity index is 2.14. The Morgan fingerprint density at radius 1 is 1.43 bits per heavy atom. The van der Waals surface area contributed by atoms with Crippen molar-refractivity contribution in [3.05, 3.63) is 29.6 Å². The van der Waals surface area contributed by atoms with E-state index in [4.69, 9.17) is 5.11 Å². The van der Waals surface area contributed by atoms with E-state index in [9.17, 15) is 4.79 Å². The van der Waals surface area contributed by atoms with Gasteiger partial charge in [-0.1, -0.05) is 25.7 Å². The number of aliphatic hydroxyl groups is 1. The summed E-state index contributed by atoms with van der Waals surface area (Å²) in [5.74, 6) is 5.38. The molecule has 112 valence electrons. The van der Waals surface area contributed by atoms with E-state index in [-0.39, 0.29) is 17.9 Å². The maximum Gasteiger partial charge on any atom is 0.255 e. The first kappa shape index (κ1) is 15.5. The lowest BCUT2D eigenvalue weighted by molar-refractivity contribution is 0.0769. The topological polar surface area (TPSA) is 53.4 Å². The molecule has 2 rings (SSSR count). The smallest absolute Gasteiger partial charge is 0.255 e. The summed E-state index contributed by atoms with van der Waals surface area (Å²) in [5, 5.41) is 8.72. The largest absolute Gasteiger partial charge is 0.384 e. The fourth-order valence-electron chi connectivity index (χ4n) is 2.89. The van der Waals surface area contributed by atoms with Gasteiger partial charge in [0.1, 0.15) is 6.61 Å². The molecule has 0 saturated carbocycles. The highest BCUT2D eigenvalue weighted by Crippen LogP contribution is 2.37. The number of nitrogens with zero attached hydrogens (tertiary/aromatic N) is 2. The highest BCUT2D eigenvalue weighted by molar-refractivity contribution is 5.94. The number of pyridine rings is 1. The van der Waals surface area contributed by atoms with Gasteiger partial charge in [0.15, 0.2) is 0 Å². The fourth-order valence-corrected chi connectivity index (χ4v) is 2.89. The highest BCUT2D eigenvalue weighted by Gasteiger charge is 2.37. The van der Waals surface area contributed by atoms with Crippen LogP contribution in [0.1, 0.15) is 49.0 Å². The Hall–Kier alpha value is -1.86. The second-order valence-electron chi connectivity index (χ2n) is 5.61. The van der Waals surface area contributed by atoms with Gasteiger partial charge in [0.2, 0.25) is 0 Å². The van der Waals surface area contributed by atoms with Crippen LogP contribution in [0.2, 0.25) is 0 Å². The number of hydrogen-bond acceptors (Lipinski definition) is 3. The third kappa shape index (κ3) is 3.43. The Morgan fingerprint density at radius 3 is 2.81 bits per heavy atom. The number of likely N-dealkylation sites (tertiary alicyclic amines) is 1. The summed E-state index contributed by atoms with van der Waals surface area (Å²) >= 11 is 0. The second kappa shape index (κ2) is 6.73. The number of carbonyl (C=O) groups excluding carboxylic acids is 1. The van der Waals surface area contributed by atoms with Gasteiger partial charge in [0.25, 0.3) is 5.91 Å². The van der Waals surface area contributed by atoms with E-state index in [1.807, 2.05) is 4.90 Å². The van der Waals surface area contributed by atoms with E-state index in [2.05, 4.69) is 30.7 Å². The predicted octanol–water partition coefficient (Wildman–Crippen LogP) is 2.08. The molecule has 0 aliphatic carbocycles. The van der Waals surface area contributed by atoms with Crippen molar-refractivity contribution in [2.24, 2.45) is 5.41 Å². The highest BCUT2D eigenvalue weighted by atomic mass is 16.2. The van der Waals surface area contributed by atoms with Crippen molar-refractivity contribution in [2.75, 3.05) is 19.7 Å². The molecule has 0 spiro atoms. The molecule has 0 radical (unpaired) electrons. The SMILES string of the molecule is CCC1(CC)CCN(C(=O)c2cncc(C#CCO)c2)C1. The molecule has 1 fully saturated rings. The van der Waals surface area contributed by atoms with Gasteiger partial charge in [-0.05, 0) is 30.7 Å². The molecule has 0 aromatic carbocycles. The molecule has 2 heterocycles. The third-order valence-electron chi connectivity index (χ3n) is 4.52. The van der Waals surface area contributed by atoms with E-state index in [0.717, 1.165) is 32.4 Å². The quantitative estimate of drug-likeness (QED) is 0.866. The Labute approximate surface area is 126 Å². The molecule has 1 aromatic heterocycles. The van der Waals surface area contributed by atoms with Crippen LogP contribution in [-0.4, -0.2) is 40.6 Å². The van der Waals surface area contributed by atoms with Crippen LogP contribution in [0.15, 0.2) is 18.5 Å². The first-order chi connectivity index (χ1) is 10.1. The van der Waals surface area contributed by atoms with Gasteiger partial charge >= 0.3 is 0 Å². The Kier molecular flexibility index (Phi) is 4.98. The van der Waals surface area contributed by atoms with Crippen molar-refractivity contribution in [3.63, 3.8) is 0 Å². The number of carbonyl (C=O) groups is 1. The normalized spacial score (nSPS) is 16.4. The molecule has 1 amide bonds. The second-order valence-corrected chi connectivity index (χ2v) is 5.61. The number of hydrogen-bond donors (Lipinski definition) is 1. The number of rotatable bonds is 3. The molecular formula is C17H22N2O2. The van der Waals surface area contributed by atoms with Gasteiger partial charge in [0, 0.05) is 31.0 Å². The molecule has 1 N–H and O–H groups in total. The van der Waals surface area contributed by atoms with E-state index in [1.165, 1.54) is 0 Å². The van der Waals surface area contributed by atoms with Crippen LogP contribution in [0.25, 0.3) is 0 Å². The third-order valence-corrected chi connectivity index (χ3v) is 4.52. The molecule has 4 nitrogen and oxygen atoms in total. The minimum Gasteiger partial charge on any atom is -0.384 e. The zero-order valence-corrected chi connectivity index (χ0v) is 12.7. The molecule has 1 aliphatic rings. The minimum atomic E-state index is -0.195. The van der Waals surface area contributed by atoms with Gasteiger partial charge < -0.3 is 10.0 Å². The number of aromatic nitrogens is 1. The van der Waals surface area contributed by atoms with Crippen LogP contribution in [0, 0.1) is 17.3 Å². The Bertz CT molecular complexity index is 568. The van der Waals surface area contributed by atoms with Crippen LogP contribution < -0.4 is 0 Å². The van der Waals surface area contributed by atoms with Crippen molar-refractivity contribution in [2.45, 2.75) is 33.1 Å². The van der Waals surface area contributed by atoms with E-state index >= 15 is 0 Å². The first-order valence-electron chi connectivity index (χ1n) is 7.48. The van der Waals surface area contributed by atoms with Crippen molar-refractivity contribution < 1.29 is 9.90 Å². The standard InChI is InChI=1S/C17H22N2O2/c1-3-17(4-2)7-8-19(13-17)16(21)15-10-14(6-5-9-20)11-18-12-15/h10-12,20H,3-4,7-9,13H2,1-2H3. The molecule has 1 saturated heterocycles. The van der Waals surface area contributed by atoms with Crippen LogP contribution in [0.3, 0.4) is 0 Å². The van der Waals surface area contributed by atoms with Crippen molar-refractivity contribution in [1.29, 1.82) is 0 Å². The zero-order chi connectivity index (χ0) is 15.3. The van der Waals surface area contributed by atoms with E-state index in [0.29, 0.717) is 11.1 Å². The van der Waals surface area contributed by atoms with Crippen molar-refractivity contribution in [3.8, 4) is 11.8 Å². The summed E-state index contributed by atoms with van der Waals surface area (Å²) in [6.45, 7) is 5.84. The van der Waals surface area contributed by atoms with Crippen LogP contribution in [0.5, 0.6) is 0 Å². The average Bonchev–Trinajstić information content (AvgIpc) is 2.97. The lowest BCUT2D eigenvalue weighted by atomic mass is 9.82. The average molecular weight is 286 g/mol. The molecule has 21 heavy (non-hydrogen) atoms. The van der Waals surface area contributed by atoms with Gasteiger partial charge in [-0.15, -0.1) is 0 Å². The lowest BCUT2D eigenvalue weighted by Crippen LogP contribution is -2.31. The molecule has 0 bridgehead atoms. The summed E-state index contributed by atoms with van der Waals surface area (Å²) < 4.78 is 0. The summed E-state index contributed by atoms with van der Waals surface area (Å²) in [7, 11) is 0. The number of aliphatic hydroxyl groups excluding tert-OH is 1. The molecular weight excluding hydrogens is 264 g/mol. The molecule has 0 atom stereocenters. The molecule has 1 aromatic rings. The zero-order valence-electron chi connectivity index (χ0n) is 12.7. The first-order valence-corrected chi connectivity index (χ1v) is 7.48. The summed E-state index contributed by atoms with van der Waals surface area (Å²) in [6, 6.07) is 1.75. The maximum atomic E-state index is 12.6. The van der Waals surface area contributed by atoms with Gasteiger partial charge in [-0.3, -0.25) is 9.78 Å². The predicted molar refractivity (Wildman–Crippen MR) is 81.7 cm³/mol. The molecule has 0 unspecified atom stereocenters. The minimum absolute atomic E-state index is 0.0268. The van der Waals surface area contributed by atoms with Gasteiger partial charge in [0.05, 0.1) is 5.56 Å². The van der Waals surface area contributed by atoms with Crippen LogP contribution in [-0.2, 0) is 0 Å². The monoisotopic (exact) mass is 286 g/mol. The summed E-state index contributed by atoms with van der Waals surface area (Å²) in [5.41, 5.74) is 1.51. The van der Waals surface area contributed by atoms with E-state index in [1.54, 1.807) is 18.5 Å². The van der Waals surface area contributed by atoms with Gasteiger partial charge in [-0.25, -0.2) is 0 Å². The lowest BCUT2D eigenvalue weighted by Gasteiger charge is -2.26. The van der Waals surface area contributed by atoms with Crippen LogP contribution in [0.4, 0.5) is 0 Å². The molecule has 1 aliphatic heterocycles. The van der Waals surface area contributed by atoms with Crippen molar-refractivity contribution in [1.82, 2.24) is 9.88 Å². The molecule has 4 heteroatoms. The number of amides is 1. The summed E-state index contributed by atoms with van der Waals surface area (Å²) in [6.07, 6.45) is 6.47. The van der Waals surface area contributed by atoms with E-state index < -0.39 is 0 Å². The van der Waals surface area contributed by atoms with Gasteiger partial charge in [-0.2, -0.15) is 0 Å². The Morgan fingerprint density at radius 2 is 2.19 bits per heavy atom. The summed E-state index contributed by atoms with van der Waals surface area (Å²) in [4.78, 5) is 18.6.